The largest absolute Gasteiger partial charge is 0.439 e. The maximum atomic E-state index is 12.7. The molecule has 0 N–H and O–H groups in total. The van der Waals surface area contributed by atoms with E-state index >= 15 is 0 Å². The van der Waals surface area contributed by atoms with Crippen molar-refractivity contribution in [1.29, 1.82) is 0 Å². The topological polar surface area (TPSA) is 35.0 Å². The van der Waals surface area contributed by atoms with Gasteiger partial charge in [-0.15, -0.1) is 0 Å². The Hall–Kier alpha value is -2.25. The number of hydrogen-bond acceptors (Lipinski definition) is 4. The van der Waals surface area contributed by atoms with Crippen molar-refractivity contribution in [2.45, 2.75) is 36.9 Å². The highest BCUT2D eigenvalue weighted by molar-refractivity contribution is 7.98. The Kier molecular flexibility index (Phi) is 6.70. The van der Waals surface area contributed by atoms with Crippen LogP contribution in [0.5, 0.6) is 11.6 Å². The third-order valence-electron chi connectivity index (χ3n) is 3.96. The summed E-state index contributed by atoms with van der Waals surface area (Å²) in [5.74, 6) is 1.55. The van der Waals surface area contributed by atoms with Gasteiger partial charge in [0.1, 0.15) is 5.75 Å². The van der Waals surface area contributed by atoms with E-state index in [2.05, 4.69) is 9.97 Å². The molecule has 152 valence electrons. The lowest BCUT2D eigenvalue weighted by Gasteiger charge is -2.11. The predicted molar refractivity (Wildman–Crippen MR) is 109 cm³/mol. The Balaban J connectivity index is 1.77. The van der Waals surface area contributed by atoms with Crippen LogP contribution in [0.1, 0.15) is 36.6 Å². The molecule has 0 spiro atoms. The molecule has 0 fully saturated rings. The lowest BCUT2D eigenvalue weighted by atomic mass is 10.1. The Morgan fingerprint density at radius 3 is 2.38 bits per heavy atom. The quantitative estimate of drug-likeness (QED) is 0.297. The fourth-order valence-corrected chi connectivity index (χ4v) is 3.42. The van der Waals surface area contributed by atoms with Crippen LogP contribution in [-0.2, 0) is 11.9 Å². The van der Waals surface area contributed by atoms with Gasteiger partial charge in [-0.2, -0.15) is 18.2 Å². The van der Waals surface area contributed by atoms with Crippen LogP contribution >= 0.6 is 23.4 Å². The summed E-state index contributed by atoms with van der Waals surface area (Å²) in [7, 11) is 0. The van der Waals surface area contributed by atoms with Gasteiger partial charge in [-0.3, -0.25) is 0 Å². The predicted octanol–water partition coefficient (Wildman–Crippen LogP) is 7.36. The number of nitrogens with zero attached hydrogens (tertiary/aromatic N) is 2. The highest BCUT2D eigenvalue weighted by Gasteiger charge is 2.29. The fraction of sp³-hybridized carbons (Fsp3) is 0.238. The Bertz CT molecular complexity index is 978. The second-order valence-corrected chi connectivity index (χ2v) is 7.99. The Labute approximate surface area is 176 Å². The molecule has 8 heteroatoms. The summed E-state index contributed by atoms with van der Waals surface area (Å²) in [6, 6.07) is 13.8. The van der Waals surface area contributed by atoms with Crippen molar-refractivity contribution >= 4 is 23.4 Å². The van der Waals surface area contributed by atoms with E-state index in [0.717, 1.165) is 23.4 Å². The number of hydrogen-bond donors (Lipinski definition) is 0. The summed E-state index contributed by atoms with van der Waals surface area (Å²) in [6.07, 6.45) is -4.34. The summed E-state index contributed by atoms with van der Waals surface area (Å²) in [4.78, 5) is 8.95. The van der Waals surface area contributed by atoms with Gasteiger partial charge in [-0.1, -0.05) is 55.4 Å². The number of halogens is 4. The minimum Gasteiger partial charge on any atom is -0.439 e. The van der Waals surface area contributed by atoms with Crippen molar-refractivity contribution in [3.63, 3.8) is 0 Å². The number of rotatable bonds is 6. The third-order valence-corrected chi connectivity index (χ3v) is 5.11. The molecule has 0 atom stereocenters. The zero-order valence-electron chi connectivity index (χ0n) is 15.7. The van der Waals surface area contributed by atoms with E-state index in [9.17, 15) is 13.2 Å². The molecule has 29 heavy (non-hydrogen) atoms. The third kappa shape index (κ3) is 6.11. The zero-order valence-corrected chi connectivity index (χ0v) is 17.3. The summed E-state index contributed by atoms with van der Waals surface area (Å²) in [6.45, 7) is 4.02. The average molecular weight is 439 g/mol. The average Bonchev–Trinajstić information content (AvgIpc) is 2.66. The lowest BCUT2D eigenvalue weighted by molar-refractivity contribution is -0.137. The number of alkyl halides is 3. The van der Waals surface area contributed by atoms with Gasteiger partial charge in [0, 0.05) is 16.8 Å². The van der Waals surface area contributed by atoms with Crippen LogP contribution in [0.15, 0.2) is 59.8 Å². The van der Waals surface area contributed by atoms with Gasteiger partial charge in [0.25, 0.3) is 0 Å². The van der Waals surface area contributed by atoms with Crippen LogP contribution in [0, 0.1) is 0 Å². The van der Waals surface area contributed by atoms with E-state index in [1.807, 2.05) is 13.8 Å². The Morgan fingerprint density at radius 1 is 1.03 bits per heavy atom. The molecule has 3 aromatic rings. The molecular formula is C21H18ClF3N2OS. The molecule has 1 aromatic heterocycles. The van der Waals surface area contributed by atoms with Crippen molar-refractivity contribution in [3.8, 4) is 11.6 Å². The van der Waals surface area contributed by atoms with Crippen LogP contribution in [-0.4, -0.2) is 9.97 Å². The number of ether oxygens (including phenoxy) is 1. The van der Waals surface area contributed by atoms with Gasteiger partial charge >= 0.3 is 6.18 Å². The van der Waals surface area contributed by atoms with E-state index in [1.165, 1.54) is 23.9 Å². The van der Waals surface area contributed by atoms with Crippen LogP contribution in [0.4, 0.5) is 13.2 Å². The van der Waals surface area contributed by atoms with E-state index in [0.29, 0.717) is 27.6 Å². The molecule has 0 aliphatic heterocycles. The normalized spacial score (nSPS) is 11.7. The maximum absolute atomic E-state index is 12.7. The molecule has 3 rings (SSSR count). The van der Waals surface area contributed by atoms with E-state index in [1.54, 1.807) is 30.3 Å². The molecule has 0 unspecified atom stereocenters. The molecule has 0 aliphatic carbocycles. The first-order valence-corrected chi connectivity index (χ1v) is 10.2. The van der Waals surface area contributed by atoms with Crippen molar-refractivity contribution in [1.82, 2.24) is 9.97 Å². The first-order chi connectivity index (χ1) is 13.7. The molecular weight excluding hydrogens is 421 g/mol. The van der Waals surface area contributed by atoms with E-state index in [-0.39, 0.29) is 5.92 Å². The molecule has 0 saturated heterocycles. The number of thioether (sulfide) groups is 1. The summed E-state index contributed by atoms with van der Waals surface area (Å²) in [5.41, 5.74) is 0.896. The molecule has 0 saturated carbocycles. The van der Waals surface area contributed by atoms with Crippen LogP contribution in [0.3, 0.4) is 0 Å². The van der Waals surface area contributed by atoms with Crippen molar-refractivity contribution in [2.75, 3.05) is 0 Å². The molecule has 1 heterocycles. The lowest BCUT2D eigenvalue weighted by Crippen LogP contribution is -2.04. The molecule has 3 nitrogen and oxygen atoms in total. The number of benzene rings is 2. The van der Waals surface area contributed by atoms with Gasteiger partial charge < -0.3 is 4.74 Å². The van der Waals surface area contributed by atoms with Crippen molar-refractivity contribution in [3.05, 3.63) is 76.4 Å². The van der Waals surface area contributed by atoms with Crippen LogP contribution in [0.25, 0.3) is 0 Å². The summed E-state index contributed by atoms with van der Waals surface area (Å²) >= 11 is 7.33. The number of aromatic nitrogens is 2. The second-order valence-electron chi connectivity index (χ2n) is 6.61. The van der Waals surface area contributed by atoms with Gasteiger partial charge in [0.2, 0.25) is 5.88 Å². The van der Waals surface area contributed by atoms with Gasteiger partial charge in [0.05, 0.1) is 11.3 Å². The zero-order chi connectivity index (χ0) is 21.0. The molecule has 0 radical (unpaired) electrons. The fourth-order valence-electron chi connectivity index (χ4n) is 2.42. The highest BCUT2D eigenvalue weighted by atomic mass is 35.5. The van der Waals surface area contributed by atoms with Crippen LogP contribution in [0.2, 0.25) is 5.02 Å². The molecule has 0 amide bonds. The molecule has 0 aliphatic rings. The molecule has 0 bridgehead atoms. The van der Waals surface area contributed by atoms with Crippen LogP contribution < -0.4 is 4.74 Å². The van der Waals surface area contributed by atoms with Crippen molar-refractivity contribution in [2.24, 2.45) is 0 Å². The van der Waals surface area contributed by atoms with E-state index < -0.39 is 11.7 Å². The monoisotopic (exact) mass is 438 g/mol. The summed E-state index contributed by atoms with van der Waals surface area (Å²) < 4.78 is 43.9. The van der Waals surface area contributed by atoms with Gasteiger partial charge in [0.15, 0.2) is 5.16 Å². The van der Waals surface area contributed by atoms with E-state index in [4.69, 9.17) is 16.3 Å². The minimum absolute atomic E-state index is 0.158. The maximum Gasteiger partial charge on any atom is 0.416 e. The summed E-state index contributed by atoms with van der Waals surface area (Å²) in [5, 5.41) is 1.05. The van der Waals surface area contributed by atoms with Gasteiger partial charge in [-0.25, -0.2) is 4.98 Å². The first-order valence-electron chi connectivity index (χ1n) is 8.82. The minimum atomic E-state index is -4.34. The Morgan fingerprint density at radius 2 is 1.76 bits per heavy atom. The first kappa shape index (κ1) is 21.5. The standard InChI is InChI=1S/C21H18ClF3N2OS/c1-13(2)18-11-19(28-17-5-3-4-16(22)10-17)27-20(26-18)29-12-14-6-8-15(9-7-14)21(23,24)25/h3-11,13H,12H2,1-2H3. The highest BCUT2D eigenvalue weighted by Crippen LogP contribution is 2.31. The SMILES string of the molecule is CC(C)c1cc(Oc2cccc(Cl)c2)nc(SCc2ccc(C(F)(F)F)cc2)n1. The van der Waals surface area contributed by atoms with Gasteiger partial charge in [-0.05, 0) is 41.8 Å². The van der Waals surface area contributed by atoms with Crippen molar-refractivity contribution < 1.29 is 17.9 Å². The molecule has 2 aromatic carbocycles. The smallest absolute Gasteiger partial charge is 0.416 e. The second kappa shape index (κ2) is 9.05.